The molecule has 5 amide bonds. The van der Waals surface area contributed by atoms with Gasteiger partial charge < -0.3 is 67.1 Å². The summed E-state index contributed by atoms with van der Waals surface area (Å²) in [7, 11) is 4.22. The molecule has 0 N–H and O–H groups in total. The average Bonchev–Trinajstić information content (AvgIpc) is 0.877. The third-order valence-electron chi connectivity index (χ3n) is 16.5. The first kappa shape index (κ1) is 89.3. The summed E-state index contributed by atoms with van der Waals surface area (Å²) in [5, 5.41) is 0. The van der Waals surface area contributed by atoms with Crippen LogP contribution in [0, 0.1) is 0 Å². The summed E-state index contributed by atoms with van der Waals surface area (Å²) in [4.78, 5) is 201. The van der Waals surface area contributed by atoms with Crippen LogP contribution in [0.15, 0.2) is 158 Å². The number of ether oxygens (including phenoxy) is 9. The molecule has 5 aromatic rings. The van der Waals surface area contributed by atoms with Crippen LogP contribution < -0.4 is 23.7 Å². The molecule has 0 saturated carbocycles. The van der Waals surface area contributed by atoms with Crippen LogP contribution in [0.25, 0.3) is 0 Å². The molecule has 0 aromatic heterocycles. The van der Waals surface area contributed by atoms with Crippen LogP contribution in [0.1, 0.15) is 74.8 Å². The van der Waals surface area contributed by atoms with Crippen molar-refractivity contribution in [1.29, 1.82) is 0 Å². The van der Waals surface area contributed by atoms with Gasteiger partial charge in [0.25, 0.3) is 29.5 Å². The molecule has 2 saturated heterocycles. The van der Waals surface area contributed by atoms with Gasteiger partial charge in [0.2, 0.25) is 28.9 Å². The Balaban J connectivity index is 0.000000303. The van der Waals surface area contributed by atoms with Crippen LogP contribution in [-0.2, 0) is 128 Å². The predicted molar refractivity (Wildman–Crippen MR) is 397 cm³/mol. The smallest absolute Gasteiger partial charge is 0.336 e. The van der Waals surface area contributed by atoms with E-state index in [4.69, 9.17) is 37.9 Å². The highest BCUT2D eigenvalue weighted by Gasteiger charge is 2.27. The minimum absolute atomic E-state index is 0.0425. The van der Waals surface area contributed by atoms with Crippen LogP contribution in [0.5, 0.6) is 28.7 Å². The number of morpholine rings is 1. The zero-order chi connectivity index (χ0) is 81.2. The molecule has 0 atom stereocenters. The van der Waals surface area contributed by atoms with E-state index in [1.54, 1.807) is 93.3 Å². The van der Waals surface area contributed by atoms with Crippen LogP contribution >= 0.6 is 0 Å². The lowest BCUT2D eigenvalue weighted by atomic mass is 10.1. The standard InChI is InChI=1S/C31H32N2O9.C30H34N2O8.C20H25NO8/c34-26(30(38)32-14-2-1-3-15-32)20-22-4-8-24(9-5-22)41-28(36)12-13-29(37)42-25-10-6-23(7-11-25)21-27(35)31(39)33-16-18-40-19-17-33;1-5-31(6-2)29(37)25(33)19-21-9-13-23(14-10-21)39-27(35)17-18-28(36)40-24-15-11-22(12-16-24)20-26(34)30(38)32(7-3)8-4;1-26-12-10-21(11-13-27-2)20(25)17(22)14-15-4-6-16(7-5-15)29-19(24)9-8-18(23)28-3/h4-13H,1-3,14-21H2;9-18H,5-8,19-20H2,1-4H3;4-9H,10-14H2,1-3H3/b13-12+;18-17+;9-8+. The van der Waals surface area contributed by atoms with Gasteiger partial charge in [-0.15, -0.1) is 0 Å². The molecule has 111 heavy (non-hydrogen) atoms. The van der Waals surface area contributed by atoms with Crippen LogP contribution in [0.4, 0.5) is 0 Å². The maximum Gasteiger partial charge on any atom is 0.336 e. The Morgan fingerprint density at radius 1 is 0.324 bits per heavy atom. The second kappa shape index (κ2) is 48.2. The average molecular weight is 1530 g/mol. The Morgan fingerprint density at radius 2 is 0.568 bits per heavy atom. The molecule has 2 aliphatic rings. The number of nitrogens with zero attached hydrogens (tertiary/aromatic N) is 5. The maximum atomic E-state index is 12.4. The Morgan fingerprint density at radius 3 is 0.820 bits per heavy atom. The number of likely N-dealkylation sites (tertiary alicyclic amines) is 1. The van der Waals surface area contributed by atoms with E-state index in [9.17, 15) is 76.7 Å². The summed E-state index contributed by atoms with van der Waals surface area (Å²) in [6, 6.07) is 30.7. The molecule has 0 radical (unpaired) electrons. The zero-order valence-corrected chi connectivity index (χ0v) is 63.0. The highest BCUT2D eigenvalue weighted by Crippen LogP contribution is 2.20. The number of likely N-dealkylation sites (N-methyl/N-ethyl adjacent to an activating group) is 2. The van der Waals surface area contributed by atoms with Crippen molar-refractivity contribution in [3.8, 4) is 28.7 Å². The number of Topliss-reactive ketones (excluding diaryl/α,β-unsaturated/α-hetero) is 5. The zero-order valence-electron chi connectivity index (χ0n) is 63.0. The number of piperidine rings is 1. The lowest BCUT2D eigenvalue weighted by Gasteiger charge is -2.26. The topological polar surface area (TPSA) is 372 Å². The number of methoxy groups -OCH3 is 3. The molecule has 2 heterocycles. The quantitative estimate of drug-likeness (QED) is 0.0217. The fraction of sp³-hybridized carbons (Fsp3) is 0.358. The molecule has 2 aliphatic heterocycles. The van der Waals surface area contributed by atoms with Gasteiger partial charge in [-0.2, -0.15) is 0 Å². The minimum atomic E-state index is -0.816. The maximum absolute atomic E-state index is 12.4. The summed E-state index contributed by atoms with van der Waals surface area (Å²) in [6.07, 6.45) is 8.06. The van der Waals surface area contributed by atoms with Gasteiger partial charge >= 0.3 is 35.8 Å². The predicted octanol–water partition coefficient (Wildman–Crippen LogP) is 5.12. The Kier molecular flexibility index (Phi) is 38.8. The molecule has 0 spiro atoms. The van der Waals surface area contributed by atoms with Gasteiger partial charge in [0.1, 0.15) is 28.7 Å². The molecule has 0 unspecified atom stereocenters. The van der Waals surface area contributed by atoms with E-state index in [-0.39, 0.29) is 60.9 Å². The van der Waals surface area contributed by atoms with Gasteiger partial charge in [-0.05, 0) is 135 Å². The fourth-order valence-corrected chi connectivity index (χ4v) is 10.4. The fourth-order valence-electron chi connectivity index (χ4n) is 10.4. The second-order valence-corrected chi connectivity index (χ2v) is 24.3. The van der Waals surface area contributed by atoms with Crippen LogP contribution in [0.3, 0.4) is 0 Å². The number of hydrogen-bond donors (Lipinski definition) is 0. The van der Waals surface area contributed by atoms with Crippen molar-refractivity contribution in [1.82, 2.24) is 24.5 Å². The molecule has 30 nitrogen and oxygen atoms in total. The van der Waals surface area contributed by atoms with Gasteiger partial charge in [-0.1, -0.05) is 60.7 Å². The number of carbonyl (C=O) groups is 16. The van der Waals surface area contributed by atoms with E-state index in [0.29, 0.717) is 120 Å². The molecule has 2 fully saturated rings. The number of carbonyl (C=O) groups excluding carboxylic acids is 16. The summed E-state index contributed by atoms with van der Waals surface area (Å²) in [5.41, 5.74) is 2.98. The first-order valence-corrected chi connectivity index (χ1v) is 35.6. The molecule has 0 bridgehead atoms. The first-order valence-electron chi connectivity index (χ1n) is 35.6. The van der Waals surface area contributed by atoms with Crippen molar-refractivity contribution in [3.05, 3.63) is 186 Å². The summed E-state index contributed by atoms with van der Waals surface area (Å²) < 4.78 is 45.1. The highest BCUT2D eigenvalue weighted by molar-refractivity contribution is 6.38. The molecular formula is C81H91N5O25. The molecule has 590 valence electrons. The van der Waals surface area contributed by atoms with E-state index in [0.717, 1.165) is 55.7 Å². The summed E-state index contributed by atoms with van der Waals surface area (Å²) >= 11 is 0. The van der Waals surface area contributed by atoms with E-state index in [1.807, 2.05) is 0 Å². The van der Waals surface area contributed by atoms with Gasteiger partial charge in [0.05, 0.1) is 33.5 Å². The minimum Gasteiger partial charge on any atom is -0.466 e. The van der Waals surface area contributed by atoms with Crippen molar-refractivity contribution >= 4 is 94.3 Å². The van der Waals surface area contributed by atoms with Gasteiger partial charge in [0, 0.05) is 148 Å². The van der Waals surface area contributed by atoms with Gasteiger partial charge in [-0.3, -0.25) is 47.9 Å². The molecular weight excluding hydrogens is 1440 g/mol. The molecule has 7 rings (SSSR count). The third-order valence-corrected chi connectivity index (χ3v) is 16.5. The lowest BCUT2D eigenvalue weighted by Crippen LogP contribution is -2.44. The number of amides is 5. The Bertz CT molecular complexity index is 3920. The van der Waals surface area contributed by atoms with E-state index >= 15 is 0 Å². The van der Waals surface area contributed by atoms with Crippen LogP contribution in [-0.4, -0.2) is 232 Å². The number of rotatable bonds is 36. The first-order chi connectivity index (χ1) is 53.3. The number of hydrogen-bond acceptors (Lipinski definition) is 25. The molecule has 5 aromatic carbocycles. The number of ketones is 5. The number of esters is 6. The normalized spacial score (nSPS) is 12.4. The van der Waals surface area contributed by atoms with Crippen molar-refractivity contribution in [2.75, 3.05) is 113 Å². The van der Waals surface area contributed by atoms with Gasteiger partial charge in [0.15, 0.2) is 0 Å². The Labute approximate surface area is 642 Å². The summed E-state index contributed by atoms with van der Waals surface area (Å²) in [6.45, 7) is 13.0. The van der Waals surface area contributed by atoms with Crippen LogP contribution in [0.2, 0.25) is 0 Å². The van der Waals surface area contributed by atoms with E-state index < -0.39 is 94.3 Å². The van der Waals surface area contributed by atoms with Crippen molar-refractivity contribution in [2.24, 2.45) is 0 Å². The summed E-state index contributed by atoms with van der Waals surface area (Å²) in [5.74, 6) is -8.99. The van der Waals surface area contributed by atoms with Crippen molar-refractivity contribution in [2.45, 2.75) is 79.1 Å². The van der Waals surface area contributed by atoms with Gasteiger partial charge in [-0.25, -0.2) is 28.8 Å². The van der Waals surface area contributed by atoms with E-state index in [1.165, 1.54) is 102 Å². The lowest BCUT2D eigenvalue weighted by molar-refractivity contribution is -0.147. The monoisotopic (exact) mass is 1530 g/mol. The van der Waals surface area contributed by atoms with E-state index in [2.05, 4.69) is 4.74 Å². The van der Waals surface area contributed by atoms with Crippen molar-refractivity contribution < 1.29 is 119 Å². The molecule has 30 heteroatoms. The third kappa shape index (κ3) is 32.2. The Hall–Kier alpha value is -12.3. The molecule has 0 aliphatic carbocycles. The number of benzene rings is 5. The van der Waals surface area contributed by atoms with Crippen molar-refractivity contribution in [3.63, 3.8) is 0 Å². The highest BCUT2D eigenvalue weighted by atomic mass is 16.6. The largest absolute Gasteiger partial charge is 0.466 e. The second-order valence-electron chi connectivity index (χ2n) is 24.3. The SMILES string of the molecule is CCN(CC)C(=O)C(=O)Cc1ccc(OC(=O)/C=C/C(=O)Oc2ccc(CC(=O)C(=O)N(CC)CC)cc2)cc1.COCCN(CCOC)C(=O)C(=O)Cc1ccc(OC(=O)/C=C/C(=O)OC)cc1.O=C(/C=C/C(=O)Oc1ccc(CC(=O)C(=O)N2CCOCC2)cc1)Oc1ccc(CC(=O)C(=O)N2CCCCC2)cc1.